The van der Waals surface area contributed by atoms with Crippen molar-refractivity contribution < 1.29 is 9.90 Å². The monoisotopic (exact) mass is 370 g/mol. The highest BCUT2D eigenvalue weighted by Gasteiger charge is 2.16. The molecule has 1 N–H and O–H groups in total. The minimum Gasteiger partial charge on any atom is -0.481 e. The first kappa shape index (κ1) is 16.4. The predicted molar refractivity (Wildman–Crippen MR) is 89.9 cm³/mol. The van der Waals surface area contributed by atoms with Crippen LogP contribution in [-0.4, -0.2) is 26.4 Å². The third-order valence-electron chi connectivity index (χ3n) is 3.09. The number of benzene rings is 1. The lowest BCUT2D eigenvalue weighted by Gasteiger charge is -2.19. The molecule has 1 aromatic carbocycles. The first-order valence-electron chi connectivity index (χ1n) is 6.77. The molecule has 4 nitrogen and oxygen atoms in total. The van der Waals surface area contributed by atoms with Crippen molar-refractivity contribution >= 4 is 44.7 Å². The number of carboxylic acid groups (broad SMARTS) is 1. The van der Waals surface area contributed by atoms with Gasteiger partial charge in [-0.1, -0.05) is 48.5 Å². The van der Waals surface area contributed by atoms with Crippen LogP contribution in [0.4, 0.5) is 0 Å². The Bertz CT molecular complexity index is 661. The van der Waals surface area contributed by atoms with Crippen molar-refractivity contribution in [3.8, 4) is 0 Å². The van der Waals surface area contributed by atoms with Crippen molar-refractivity contribution in [2.24, 2.45) is 5.41 Å². The molecule has 0 aliphatic rings. The van der Waals surface area contributed by atoms with Gasteiger partial charge in [-0.25, -0.2) is 4.98 Å². The van der Waals surface area contributed by atoms with Gasteiger partial charge >= 0.3 is 5.97 Å². The molecule has 0 saturated heterocycles. The molecule has 6 heteroatoms. The van der Waals surface area contributed by atoms with E-state index in [1.165, 1.54) is 11.8 Å². The fourth-order valence-corrected chi connectivity index (χ4v) is 3.09. The Morgan fingerprint density at radius 2 is 2.14 bits per heavy atom. The molecule has 0 unspecified atom stereocenters. The van der Waals surface area contributed by atoms with Crippen LogP contribution < -0.4 is 0 Å². The Balaban J connectivity index is 2.36. The number of fused-ring (bicyclic) bond motifs is 1. The van der Waals surface area contributed by atoms with E-state index in [0.717, 1.165) is 33.6 Å². The van der Waals surface area contributed by atoms with E-state index in [4.69, 9.17) is 5.11 Å². The Kier molecular flexibility index (Phi) is 4.99. The first-order valence-corrected chi connectivity index (χ1v) is 8.54. The second-order valence-electron chi connectivity index (χ2n) is 6.17. The largest absolute Gasteiger partial charge is 0.481 e. The van der Waals surface area contributed by atoms with Crippen molar-refractivity contribution in [2.45, 2.75) is 38.9 Å². The summed E-state index contributed by atoms with van der Waals surface area (Å²) >= 11 is 4.72. The van der Waals surface area contributed by atoms with Gasteiger partial charge in [0.25, 0.3) is 0 Å². The van der Waals surface area contributed by atoms with E-state index in [2.05, 4.69) is 46.3 Å². The summed E-state index contributed by atoms with van der Waals surface area (Å²) in [5.41, 5.74) is 2.17. The van der Waals surface area contributed by atoms with E-state index in [1.807, 2.05) is 18.2 Å². The third-order valence-corrected chi connectivity index (χ3v) is 4.54. The fourth-order valence-electron chi connectivity index (χ4n) is 1.98. The Labute approximate surface area is 137 Å². The molecule has 0 saturated carbocycles. The quantitative estimate of drug-likeness (QED) is 0.791. The number of halogens is 1. The van der Waals surface area contributed by atoms with Crippen LogP contribution in [0.15, 0.2) is 27.8 Å². The number of aryl methyl sites for hydroxylation is 1. The van der Waals surface area contributed by atoms with Crippen molar-refractivity contribution in [1.29, 1.82) is 0 Å². The van der Waals surface area contributed by atoms with E-state index in [9.17, 15) is 4.79 Å². The number of aromatic nitrogens is 2. The lowest BCUT2D eigenvalue weighted by Crippen LogP contribution is -2.11. The van der Waals surface area contributed by atoms with Crippen molar-refractivity contribution in [1.82, 2.24) is 9.55 Å². The molecule has 114 valence electrons. The average molecular weight is 371 g/mol. The highest BCUT2D eigenvalue weighted by atomic mass is 79.9. The molecule has 21 heavy (non-hydrogen) atoms. The number of hydrogen-bond acceptors (Lipinski definition) is 3. The van der Waals surface area contributed by atoms with Gasteiger partial charge in [0, 0.05) is 11.0 Å². The number of hydrogen-bond donors (Lipinski definition) is 1. The zero-order chi connectivity index (χ0) is 15.6. The summed E-state index contributed by atoms with van der Waals surface area (Å²) in [6, 6.07) is 5.98. The topological polar surface area (TPSA) is 55.1 Å². The highest BCUT2D eigenvalue weighted by molar-refractivity contribution is 9.10. The summed E-state index contributed by atoms with van der Waals surface area (Å²) in [7, 11) is 0. The Hall–Kier alpha value is -1.01. The van der Waals surface area contributed by atoms with E-state index in [0.29, 0.717) is 0 Å². The van der Waals surface area contributed by atoms with E-state index < -0.39 is 5.97 Å². The van der Waals surface area contributed by atoms with E-state index >= 15 is 0 Å². The molecule has 0 amide bonds. The number of carbonyl (C=O) groups is 1. The molecule has 0 bridgehead atoms. The van der Waals surface area contributed by atoms with Crippen LogP contribution in [0.25, 0.3) is 11.0 Å². The number of imidazole rings is 1. The zero-order valence-electron chi connectivity index (χ0n) is 12.4. The fraction of sp³-hybridized carbons (Fsp3) is 0.467. The summed E-state index contributed by atoms with van der Waals surface area (Å²) in [4.78, 5) is 15.4. The maximum atomic E-state index is 10.8. The van der Waals surface area contributed by atoms with Gasteiger partial charge in [-0.2, -0.15) is 0 Å². The maximum absolute atomic E-state index is 10.8. The molecule has 2 aromatic rings. The van der Waals surface area contributed by atoms with Crippen molar-refractivity contribution in [3.63, 3.8) is 0 Å². The van der Waals surface area contributed by atoms with E-state index in [1.54, 1.807) is 0 Å². The van der Waals surface area contributed by atoms with Crippen LogP contribution in [0, 0.1) is 5.41 Å². The van der Waals surface area contributed by atoms with Gasteiger partial charge in [-0.15, -0.1) is 0 Å². The van der Waals surface area contributed by atoms with Gasteiger partial charge in [0.1, 0.15) is 0 Å². The van der Waals surface area contributed by atoms with Crippen LogP contribution in [0.1, 0.15) is 27.2 Å². The summed E-state index contributed by atoms with van der Waals surface area (Å²) in [6.45, 7) is 7.44. The van der Waals surface area contributed by atoms with Gasteiger partial charge in [-0.05, 0) is 30.0 Å². The number of aliphatic carboxylic acids is 1. The van der Waals surface area contributed by atoms with Gasteiger partial charge < -0.3 is 9.67 Å². The molecule has 0 atom stereocenters. The number of nitrogens with zero attached hydrogens (tertiary/aromatic N) is 2. The SMILES string of the molecule is CC(C)(C)CCn1c(SCC(=O)O)nc2cc(Br)ccc21. The minimum absolute atomic E-state index is 0.0278. The highest BCUT2D eigenvalue weighted by Crippen LogP contribution is 2.29. The lowest BCUT2D eigenvalue weighted by atomic mass is 9.92. The van der Waals surface area contributed by atoms with Crippen LogP contribution in [-0.2, 0) is 11.3 Å². The molecule has 0 spiro atoms. The maximum Gasteiger partial charge on any atom is 0.313 e. The molecule has 1 heterocycles. The van der Waals surface area contributed by atoms with E-state index in [-0.39, 0.29) is 11.2 Å². The average Bonchev–Trinajstić information content (AvgIpc) is 2.69. The van der Waals surface area contributed by atoms with Crippen LogP contribution >= 0.6 is 27.7 Å². The molecule has 0 fully saturated rings. The molecule has 2 rings (SSSR count). The summed E-state index contributed by atoms with van der Waals surface area (Å²) < 4.78 is 3.10. The van der Waals surface area contributed by atoms with Crippen molar-refractivity contribution in [3.05, 3.63) is 22.7 Å². The van der Waals surface area contributed by atoms with Crippen LogP contribution in [0.2, 0.25) is 0 Å². The lowest BCUT2D eigenvalue weighted by molar-refractivity contribution is -0.133. The summed E-state index contributed by atoms with van der Waals surface area (Å²) in [6.07, 6.45) is 1.01. The zero-order valence-corrected chi connectivity index (χ0v) is 14.8. The van der Waals surface area contributed by atoms with Gasteiger partial charge in [0.05, 0.1) is 16.8 Å². The second-order valence-corrected chi connectivity index (χ2v) is 8.03. The predicted octanol–water partition coefficient (Wildman–Crippen LogP) is 4.41. The molecular formula is C15H19BrN2O2S. The number of carboxylic acids is 1. The standard InChI is InChI=1S/C15H19BrN2O2S/c1-15(2,3)6-7-18-12-5-4-10(16)8-11(12)17-14(18)21-9-13(19)20/h4-5,8H,6-7,9H2,1-3H3,(H,19,20). The third kappa shape index (κ3) is 4.48. The van der Waals surface area contributed by atoms with Gasteiger partial charge in [0.15, 0.2) is 5.16 Å². The molecule has 0 radical (unpaired) electrons. The summed E-state index contributed by atoms with van der Waals surface area (Å²) in [5.74, 6) is -0.796. The first-order chi connectivity index (χ1) is 9.76. The normalized spacial score (nSPS) is 12.0. The van der Waals surface area contributed by atoms with Gasteiger partial charge in [-0.3, -0.25) is 4.79 Å². The number of thioether (sulfide) groups is 1. The molecule has 0 aliphatic carbocycles. The van der Waals surface area contributed by atoms with Crippen LogP contribution in [0.3, 0.4) is 0 Å². The van der Waals surface area contributed by atoms with Crippen molar-refractivity contribution in [2.75, 3.05) is 5.75 Å². The molecule has 1 aromatic heterocycles. The second kappa shape index (κ2) is 6.40. The van der Waals surface area contributed by atoms with Gasteiger partial charge in [0.2, 0.25) is 0 Å². The molecular weight excluding hydrogens is 352 g/mol. The Morgan fingerprint density at radius 1 is 1.43 bits per heavy atom. The Morgan fingerprint density at radius 3 is 2.76 bits per heavy atom. The minimum atomic E-state index is -0.824. The van der Waals surface area contributed by atoms with Crippen LogP contribution in [0.5, 0.6) is 0 Å². The smallest absolute Gasteiger partial charge is 0.313 e. The number of rotatable bonds is 5. The summed E-state index contributed by atoms with van der Waals surface area (Å²) in [5, 5.41) is 9.65. The molecule has 0 aliphatic heterocycles.